The summed E-state index contributed by atoms with van der Waals surface area (Å²) in [6.45, 7) is 1.86. The molecule has 0 saturated carbocycles. The van der Waals surface area contributed by atoms with Gasteiger partial charge in [0.15, 0.2) is 0 Å². The molecule has 0 radical (unpaired) electrons. The fourth-order valence-electron chi connectivity index (χ4n) is 1.73. The molecule has 0 fully saturated rings. The summed E-state index contributed by atoms with van der Waals surface area (Å²) in [6, 6.07) is 8.70. The second-order valence-corrected chi connectivity index (χ2v) is 4.63. The number of aryl methyl sites for hydroxylation is 2. The molecule has 2 rings (SSSR count). The van der Waals surface area contributed by atoms with Gasteiger partial charge in [0.25, 0.3) is 5.91 Å². The van der Waals surface area contributed by atoms with Crippen molar-refractivity contribution in [2.45, 2.75) is 6.92 Å². The predicted molar refractivity (Wildman–Crippen MR) is 78.2 cm³/mol. The fraction of sp³-hybridized carbons (Fsp3) is 0.154. The van der Waals surface area contributed by atoms with Crippen molar-refractivity contribution in [1.82, 2.24) is 9.78 Å². The maximum absolute atomic E-state index is 12.1. The molecule has 0 aliphatic rings. The third-order valence-electron chi connectivity index (χ3n) is 2.65. The number of benzene rings is 1. The van der Waals surface area contributed by atoms with Crippen LogP contribution in [0, 0.1) is 6.92 Å². The minimum Gasteiger partial charge on any atom is -0.389 e. The third kappa shape index (κ3) is 2.97. The summed E-state index contributed by atoms with van der Waals surface area (Å²) in [6.07, 6.45) is 0. The molecule has 0 saturated heterocycles. The van der Waals surface area contributed by atoms with Crippen LogP contribution in [0.5, 0.6) is 0 Å². The zero-order valence-corrected chi connectivity index (χ0v) is 11.5. The van der Waals surface area contributed by atoms with Crippen molar-refractivity contribution in [1.29, 1.82) is 0 Å². The van der Waals surface area contributed by atoms with E-state index >= 15 is 0 Å². The van der Waals surface area contributed by atoms with Gasteiger partial charge in [-0.05, 0) is 19.1 Å². The van der Waals surface area contributed by atoms with Gasteiger partial charge in [-0.15, -0.1) is 0 Å². The van der Waals surface area contributed by atoms with Crippen LogP contribution in [0.2, 0.25) is 0 Å². The van der Waals surface area contributed by atoms with Gasteiger partial charge >= 0.3 is 0 Å². The minimum absolute atomic E-state index is 0.221. The maximum atomic E-state index is 12.1. The van der Waals surface area contributed by atoms with E-state index in [2.05, 4.69) is 10.4 Å². The molecular formula is C13H14N4OS. The van der Waals surface area contributed by atoms with E-state index in [1.54, 1.807) is 42.1 Å². The number of rotatable bonds is 3. The summed E-state index contributed by atoms with van der Waals surface area (Å²) in [7, 11) is 1.77. The molecule has 6 heteroatoms. The molecular weight excluding hydrogens is 260 g/mol. The quantitative estimate of drug-likeness (QED) is 0.834. The first-order valence-electron chi connectivity index (χ1n) is 5.69. The van der Waals surface area contributed by atoms with E-state index in [1.165, 1.54) is 0 Å². The number of amides is 1. The fourth-order valence-corrected chi connectivity index (χ4v) is 1.86. The van der Waals surface area contributed by atoms with E-state index in [-0.39, 0.29) is 10.9 Å². The van der Waals surface area contributed by atoms with Gasteiger partial charge in [-0.1, -0.05) is 24.4 Å². The van der Waals surface area contributed by atoms with Crippen LogP contribution in [0.15, 0.2) is 30.3 Å². The third-order valence-corrected chi connectivity index (χ3v) is 2.89. The number of carbonyl (C=O) groups is 1. The standard InChI is InChI=1S/C13H14N4OS/c1-8-6-11(17(2)16-8)15-13(18)10-5-3-4-9(7-10)12(14)19/h3-7H,1-2H3,(H2,14,19)(H,15,18). The van der Waals surface area contributed by atoms with Gasteiger partial charge in [-0.2, -0.15) is 5.10 Å². The number of hydrogen-bond acceptors (Lipinski definition) is 3. The highest BCUT2D eigenvalue weighted by molar-refractivity contribution is 7.80. The Morgan fingerprint density at radius 3 is 2.63 bits per heavy atom. The van der Waals surface area contributed by atoms with Gasteiger partial charge in [0.2, 0.25) is 0 Å². The second kappa shape index (κ2) is 5.19. The Bertz CT molecular complexity index is 648. The number of nitrogens with one attached hydrogen (secondary N) is 1. The first kappa shape index (κ1) is 13.2. The van der Waals surface area contributed by atoms with E-state index in [4.69, 9.17) is 18.0 Å². The predicted octanol–water partition coefficient (Wildman–Crippen LogP) is 1.62. The lowest BCUT2D eigenvalue weighted by Gasteiger charge is -2.06. The van der Waals surface area contributed by atoms with Crippen LogP contribution >= 0.6 is 12.2 Å². The Hall–Kier alpha value is -2.21. The highest BCUT2D eigenvalue weighted by atomic mass is 32.1. The summed E-state index contributed by atoms with van der Waals surface area (Å²) in [5.41, 5.74) is 7.56. The molecule has 0 atom stereocenters. The van der Waals surface area contributed by atoms with Crippen molar-refractivity contribution in [3.05, 3.63) is 47.2 Å². The molecule has 0 aliphatic heterocycles. The summed E-state index contributed by atoms with van der Waals surface area (Å²) >= 11 is 4.89. The Balaban J connectivity index is 2.23. The topological polar surface area (TPSA) is 72.9 Å². The number of aromatic nitrogens is 2. The smallest absolute Gasteiger partial charge is 0.256 e. The van der Waals surface area contributed by atoms with Crippen LogP contribution in [-0.4, -0.2) is 20.7 Å². The van der Waals surface area contributed by atoms with Gasteiger partial charge < -0.3 is 11.1 Å². The largest absolute Gasteiger partial charge is 0.389 e. The average molecular weight is 274 g/mol. The van der Waals surface area contributed by atoms with E-state index in [1.807, 2.05) is 6.92 Å². The summed E-state index contributed by atoms with van der Waals surface area (Å²) in [5, 5.41) is 6.96. The second-order valence-electron chi connectivity index (χ2n) is 4.19. The zero-order chi connectivity index (χ0) is 14.0. The highest BCUT2D eigenvalue weighted by Gasteiger charge is 2.10. The van der Waals surface area contributed by atoms with Crippen LogP contribution in [0.4, 0.5) is 5.82 Å². The number of hydrogen-bond donors (Lipinski definition) is 2. The number of thiocarbonyl (C=S) groups is 1. The first-order chi connectivity index (χ1) is 8.97. The molecule has 19 heavy (non-hydrogen) atoms. The molecule has 98 valence electrons. The van der Waals surface area contributed by atoms with Crippen LogP contribution < -0.4 is 11.1 Å². The van der Waals surface area contributed by atoms with Crippen LogP contribution in [-0.2, 0) is 7.05 Å². The normalized spacial score (nSPS) is 10.2. The Kier molecular flexibility index (Phi) is 3.62. The number of anilines is 1. The SMILES string of the molecule is Cc1cc(NC(=O)c2cccc(C(N)=S)c2)n(C)n1. The van der Waals surface area contributed by atoms with Crippen LogP contribution in [0.1, 0.15) is 21.6 Å². The minimum atomic E-state index is -0.221. The Morgan fingerprint density at radius 1 is 1.37 bits per heavy atom. The Labute approximate surface area is 116 Å². The molecule has 0 aliphatic carbocycles. The number of nitrogens with zero attached hydrogens (tertiary/aromatic N) is 2. The lowest BCUT2D eigenvalue weighted by atomic mass is 10.1. The summed E-state index contributed by atoms with van der Waals surface area (Å²) < 4.78 is 1.62. The highest BCUT2D eigenvalue weighted by Crippen LogP contribution is 2.11. The summed E-state index contributed by atoms with van der Waals surface area (Å²) in [5.74, 6) is 0.421. The number of carbonyl (C=O) groups excluding carboxylic acids is 1. The molecule has 2 aromatic rings. The van der Waals surface area contributed by atoms with Crippen molar-refractivity contribution in [2.24, 2.45) is 12.8 Å². The molecule has 1 heterocycles. The molecule has 0 spiro atoms. The van der Waals surface area contributed by atoms with Gasteiger partial charge in [-0.25, -0.2) is 0 Å². The molecule has 3 N–H and O–H groups in total. The molecule has 1 aromatic carbocycles. The van der Waals surface area contributed by atoms with Crippen LogP contribution in [0.25, 0.3) is 0 Å². The van der Waals surface area contributed by atoms with Gasteiger partial charge in [0.1, 0.15) is 10.8 Å². The van der Waals surface area contributed by atoms with Gasteiger partial charge in [-0.3, -0.25) is 9.48 Å². The van der Waals surface area contributed by atoms with Gasteiger partial charge in [0, 0.05) is 24.2 Å². The molecule has 5 nitrogen and oxygen atoms in total. The summed E-state index contributed by atoms with van der Waals surface area (Å²) in [4.78, 5) is 12.4. The maximum Gasteiger partial charge on any atom is 0.256 e. The Morgan fingerprint density at radius 2 is 2.05 bits per heavy atom. The molecule has 0 unspecified atom stereocenters. The van der Waals surface area contributed by atoms with Gasteiger partial charge in [0.05, 0.1) is 5.69 Å². The molecule has 1 aromatic heterocycles. The van der Waals surface area contributed by atoms with Crippen molar-refractivity contribution in [2.75, 3.05) is 5.32 Å². The van der Waals surface area contributed by atoms with E-state index in [0.29, 0.717) is 16.9 Å². The van der Waals surface area contributed by atoms with Crippen molar-refractivity contribution in [3.63, 3.8) is 0 Å². The molecule has 0 bridgehead atoms. The van der Waals surface area contributed by atoms with Crippen molar-refractivity contribution >= 4 is 28.9 Å². The molecule has 1 amide bonds. The number of nitrogens with two attached hydrogens (primary N) is 1. The zero-order valence-electron chi connectivity index (χ0n) is 10.7. The van der Waals surface area contributed by atoms with E-state index < -0.39 is 0 Å². The van der Waals surface area contributed by atoms with Crippen molar-refractivity contribution < 1.29 is 4.79 Å². The van der Waals surface area contributed by atoms with E-state index in [0.717, 1.165) is 5.69 Å². The lowest BCUT2D eigenvalue weighted by Crippen LogP contribution is -2.16. The first-order valence-corrected chi connectivity index (χ1v) is 6.10. The lowest BCUT2D eigenvalue weighted by molar-refractivity contribution is 0.102. The van der Waals surface area contributed by atoms with E-state index in [9.17, 15) is 4.79 Å². The van der Waals surface area contributed by atoms with Crippen LogP contribution in [0.3, 0.4) is 0 Å². The van der Waals surface area contributed by atoms with Crippen molar-refractivity contribution in [3.8, 4) is 0 Å². The monoisotopic (exact) mass is 274 g/mol. The average Bonchev–Trinajstić information content (AvgIpc) is 2.68.